The molecule has 96 valence electrons. The van der Waals surface area contributed by atoms with E-state index in [4.69, 9.17) is 0 Å². The third kappa shape index (κ3) is 2.62. The Labute approximate surface area is 93.2 Å². The van der Waals surface area contributed by atoms with Crippen molar-refractivity contribution in [1.82, 2.24) is 9.78 Å². The Hall–Kier alpha value is -1.47. The number of carbonyl (C=O) groups excluding carboxylic acids is 1. The fraction of sp³-hybridized carbons (Fsp3) is 0.556. The van der Waals surface area contributed by atoms with Gasteiger partial charge in [0.15, 0.2) is 0 Å². The molecule has 0 aliphatic carbocycles. The Morgan fingerprint density at radius 1 is 1.35 bits per heavy atom. The molecule has 0 aromatic carbocycles. The molecule has 0 unspecified atom stereocenters. The molecule has 0 aliphatic rings. The summed E-state index contributed by atoms with van der Waals surface area (Å²) in [6.45, 7) is 1.54. The zero-order valence-electron chi connectivity index (χ0n) is 8.98. The maximum atomic E-state index is 12.6. The van der Waals surface area contributed by atoms with Crippen molar-refractivity contribution in [3.63, 3.8) is 0 Å². The molecule has 8 heteroatoms. The number of hydrogen-bond acceptors (Lipinski definition) is 2. The van der Waals surface area contributed by atoms with Crippen LogP contribution >= 0.6 is 0 Å². The topological polar surface area (TPSA) is 34.9 Å². The molecule has 1 heterocycles. The van der Waals surface area contributed by atoms with Crippen LogP contribution in [0.3, 0.4) is 0 Å². The van der Waals surface area contributed by atoms with Crippen molar-refractivity contribution in [2.75, 3.05) is 0 Å². The van der Waals surface area contributed by atoms with Crippen LogP contribution in [-0.4, -0.2) is 27.7 Å². The molecule has 0 saturated carbocycles. The monoisotopic (exact) mass is 256 g/mol. The van der Waals surface area contributed by atoms with Crippen LogP contribution in [0.5, 0.6) is 0 Å². The largest absolute Gasteiger partial charge is 0.461 e. The van der Waals surface area contributed by atoms with Crippen molar-refractivity contribution in [2.45, 2.75) is 25.4 Å². The zero-order chi connectivity index (χ0) is 13.4. The van der Waals surface area contributed by atoms with E-state index < -0.39 is 24.3 Å². The summed E-state index contributed by atoms with van der Waals surface area (Å²) in [7, 11) is 1.36. The molecule has 0 radical (unpaired) electrons. The normalized spacial score (nSPS) is 12.9. The minimum atomic E-state index is -5.86. The second kappa shape index (κ2) is 4.08. The van der Waals surface area contributed by atoms with Crippen LogP contribution in [0.15, 0.2) is 6.07 Å². The lowest BCUT2D eigenvalue weighted by Crippen LogP contribution is -2.45. The summed E-state index contributed by atoms with van der Waals surface area (Å²) in [5.74, 6) is -7.52. The molecule has 0 amide bonds. The molecule has 0 saturated heterocycles. The summed E-state index contributed by atoms with van der Waals surface area (Å²) in [5.41, 5.74) is 0.446. The van der Waals surface area contributed by atoms with E-state index in [0.29, 0.717) is 5.69 Å². The van der Waals surface area contributed by atoms with Gasteiger partial charge >= 0.3 is 12.1 Å². The van der Waals surface area contributed by atoms with Gasteiger partial charge < -0.3 is 0 Å². The number of carbonyl (C=O) groups is 1. The van der Waals surface area contributed by atoms with Gasteiger partial charge in [0.2, 0.25) is 5.78 Å². The lowest BCUT2D eigenvalue weighted by molar-refractivity contribution is -0.268. The maximum Gasteiger partial charge on any atom is 0.461 e. The summed E-state index contributed by atoms with van der Waals surface area (Å²) in [6.07, 6.45) is -6.87. The number of aryl methyl sites for hydroxylation is 2. The number of nitrogens with zero attached hydrogens (tertiary/aromatic N) is 2. The summed E-state index contributed by atoms with van der Waals surface area (Å²) < 4.78 is 62.1. The second-order valence-corrected chi connectivity index (χ2v) is 3.57. The van der Waals surface area contributed by atoms with Crippen LogP contribution < -0.4 is 0 Å². The van der Waals surface area contributed by atoms with Gasteiger partial charge in [-0.05, 0) is 13.0 Å². The second-order valence-electron chi connectivity index (χ2n) is 3.57. The molecule has 3 nitrogen and oxygen atoms in total. The predicted octanol–water partition coefficient (Wildman–Crippen LogP) is 2.04. The molecular weight excluding hydrogens is 247 g/mol. The van der Waals surface area contributed by atoms with Gasteiger partial charge in [0.25, 0.3) is 0 Å². The smallest absolute Gasteiger partial charge is 0.292 e. The molecule has 1 aromatic heterocycles. The van der Waals surface area contributed by atoms with Gasteiger partial charge in [-0.1, -0.05) is 0 Å². The third-order valence-corrected chi connectivity index (χ3v) is 2.15. The summed E-state index contributed by atoms with van der Waals surface area (Å²) in [5, 5.41) is 3.75. The van der Waals surface area contributed by atoms with E-state index in [1.807, 2.05) is 0 Å². The Morgan fingerprint density at radius 2 is 1.88 bits per heavy atom. The number of ketones is 1. The van der Waals surface area contributed by atoms with E-state index >= 15 is 0 Å². The predicted molar refractivity (Wildman–Crippen MR) is 47.7 cm³/mol. The number of hydrogen-bond donors (Lipinski definition) is 0. The van der Waals surface area contributed by atoms with E-state index in [2.05, 4.69) is 5.10 Å². The molecule has 0 bridgehead atoms. The Morgan fingerprint density at radius 3 is 2.24 bits per heavy atom. The molecular formula is C9H9F5N2O. The van der Waals surface area contributed by atoms with E-state index in [0.717, 1.165) is 4.68 Å². The van der Waals surface area contributed by atoms with Crippen molar-refractivity contribution in [3.05, 3.63) is 17.5 Å². The fourth-order valence-electron chi connectivity index (χ4n) is 1.26. The first-order valence-electron chi connectivity index (χ1n) is 4.53. The number of alkyl halides is 5. The van der Waals surface area contributed by atoms with E-state index in [9.17, 15) is 26.7 Å². The van der Waals surface area contributed by atoms with E-state index in [-0.39, 0.29) is 5.69 Å². The molecule has 1 rings (SSSR count). The Kier molecular flexibility index (Phi) is 3.26. The fourth-order valence-corrected chi connectivity index (χ4v) is 1.26. The van der Waals surface area contributed by atoms with E-state index in [1.54, 1.807) is 0 Å². The van der Waals surface area contributed by atoms with Gasteiger partial charge in [0, 0.05) is 12.7 Å². The first-order valence-corrected chi connectivity index (χ1v) is 4.53. The van der Waals surface area contributed by atoms with Gasteiger partial charge in [-0.25, -0.2) is 0 Å². The molecule has 0 atom stereocenters. The van der Waals surface area contributed by atoms with Crippen molar-refractivity contribution in [1.29, 1.82) is 0 Å². The Balaban J connectivity index is 2.90. The summed E-state index contributed by atoms with van der Waals surface area (Å²) in [4.78, 5) is 10.9. The average Bonchev–Trinajstić information content (AvgIpc) is 2.43. The maximum absolute atomic E-state index is 12.6. The average molecular weight is 256 g/mol. The van der Waals surface area contributed by atoms with Crippen LogP contribution in [-0.2, 0) is 18.3 Å². The highest BCUT2D eigenvalue weighted by molar-refractivity contribution is 5.88. The van der Waals surface area contributed by atoms with Crippen LogP contribution in [0.1, 0.15) is 11.4 Å². The molecule has 0 spiro atoms. The SMILES string of the molecule is Cc1cc(CC(=O)C(F)(F)C(F)(F)F)n(C)n1. The van der Waals surface area contributed by atoms with E-state index in [1.165, 1.54) is 20.0 Å². The van der Waals surface area contributed by atoms with Crippen molar-refractivity contribution in [2.24, 2.45) is 7.05 Å². The third-order valence-electron chi connectivity index (χ3n) is 2.15. The van der Waals surface area contributed by atoms with Crippen molar-refractivity contribution in [3.8, 4) is 0 Å². The number of Topliss-reactive ketones (excluding diaryl/α,β-unsaturated/α-hetero) is 1. The highest BCUT2D eigenvalue weighted by atomic mass is 19.4. The first-order chi connectivity index (χ1) is 7.55. The van der Waals surface area contributed by atoms with Crippen LogP contribution in [0.25, 0.3) is 0 Å². The van der Waals surface area contributed by atoms with Gasteiger partial charge in [-0.15, -0.1) is 0 Å². The standard InChI is InChI=1S/C9H9F5N2O/c1-5-3-6(16(2)15-5)4-7(17)8(10,11)9(12,13)14/h3H,4H2,1-2H3. The first kappa shape index (κ1) is 13.6. The highest BCUT2D eigenvalue weighted by Crippen LogP contribution is 2.36. The molecule has 1 aromatic rings. The Bertz CT molecular complexity index is 435. The van der Waals surface area contributed by atoms with Crippen LogP contribution in [0.4, 0.5) is 22.0 Å². The van der Waals surface area contributed by atoms with Crippen molar-refractivity contribution < 1.29 is 26.7 Å². The number of rotatable bonds is 3. The molecule has 0 fully saturated rings. The lowest BCUT2D eigenvalue weighted by atomic mass is 10.1. The summed E-state index contributed by atoms with van der Waals surface area (Å²) in [6, 6.07) is 1.28. The minimum absolute atomic E-state index is 0.0106. The number of aromatic nitrogens is 2. The zero-order valence-corrected chi connectivity index (χ0v) is 8.98. The lowest BCUT2D eigenvalue weighted by Gasteiger charge is -2.17. The molecule has 0 N–H and O–H groups in total. The highest BCUT2D eigenvalue weighted by Gasteiger charge is 2.62. The van der Waals surface area contributed by atoms with Crippen molar-refractivity contribution >= 4 is 5.78 Å². The summed E-state index contributed by atoms with van der Waals surface area (Å²) >= 11 is 0. The van der Waals surface area contributed by atoms with Crippen LogP contribution in [0.2, 0.25) is 0 Å². The minimum Gasteiger partial charge on any atom is -0.292 e. The number of halogens is 5. The molecule has 0 aliphatic heterocycles. The van der Waals surface area contributed by atoms with Gasteiger partial charge in [-0.3, -0.25) is 9.48 Å². The molecule has 17 heavy (non-hydrogen) atoms. The quantitative estimate of drug-likeness (QED) is 0.776. The van der Waals surface area contributed by atoms with Crippen LogP contribution in [0, 0.1) is 6.92 Å². The van der Waals surface area contributed by atoms with Gasteiger partial charge in [0.1, 0.15) is 0 Å². The van der Waals surface area contributed by atoms with Gasteiger partial charge in [-0.2, -0.15) is 27.1 Å². The van der Waals surface area contributed by atoms with Gasteiger partial charge in [0.05, 0.1) is 12.1 Å².